The summed E-state index contributed by atoms with van der Waals surface area (Å²) in [5.41, 5.74) is 0.891. The fourth-order valence-corrected chi connectivity index (χ4v) is 2.74. The highest BCUT2D eigenvalue weighted by molar-refractivity contribution is 6.48. The van der Waals surface area contributed by atoms with E-state index < -0.39 is 18.3 Å². The number of nitriles is 1. The van der Waals surface area contributed by atoms with E-state index in [4.69, 9.17) is 39.5 Å². The Morgan fingerprint density at radius 1 is 1.26 bits per heavy atom. The molecule has 0 bridgehead atoms. The zero-order valence-electron chi connectivity index (χ0n) is 13.3. The van der Waals surface area contributed by atoms with Gasteiger partial charge in [-0.05, 0) is 12.1 Å². The van der Waals surface area contributed by atoms with Crippen LogP contribution < -0.4 is 0 Å². The van der Waals surface area contributed by atoms with Crippen molar-refractivity contribution in [1.82, 2.24) is 15.0 Å². The number of imidazole rings is 1. The number of aromatic nitrogens is 3. The van der Waals surface area contributed by atoms with Crippen LogP contribution in [0.25, 0.3) is 16.6 Å². The molecule has 10 heteroatoms. The summed E-state index contributed by atoms with van der Waals surface area (Å²) in [6.07, 6.45) is 1.15. The minimum atomic E-state index is -0.938. The van der Waals surface area contributed by atoms with Crippen LogP contribution in [0.2, 0.25) is 15.1 Å². The summed E-state index contributed by atoms with van der Waals surface area (Å²) < 4.78 is 4.96. The van der Waals surface area contributed by atoms with Crippen molar-refractivity contribution in [1.29, 1.82) is 5.26 Å². The SMILES string of the molecule is N#CC(=C(O)COC(=O)c1ncc(Cl)c(Cl)c1Cl)c1nc2ccccc2[nH]1. The molecule has 27 heavy (non-hydrogen) atoms. The lowest BCUT2D eigenvalue weighted by Crippen LogP contribution is -2.11. The predicted molar refractivity (Wildman–Crippen MR) is 101 cm³/mol. The van der Waals surface area contributed by atoms with Crippen molar-refractivity contribution in [2.24, 2.45) is 0 Å². The first kappa shape index (κ1) is 19.0. The molecule has 7 nitrogen and oxygen atoms in total. The topological polar surface area (TPSA) is 112 Å². The third-order valence-corrected chi connectivity index (χ3v) is 4.72. The van der Waals surface area contributed by atoms with Gasteiger partial charge in [-0.25, -0.2) is 14.8 Å². The molecule has 136 valence electrons. The molecule has 0 aliphatic rings. The van der Waals surface area contributed by atoms with Gasteiger partial charge in [-0.1, -0.05) is 46.9 Å². The molecule has 3 aromatic rings. The fourth-order valence-electron chi connectivity index (χ4n) is 2.19. The number of pyridine rings is 1. The number of carbonyl (C=O) groups is 1. The second-order valence-electron chi connectivity index (χ2n) is 5.19. The highest BCUT2D eigenvalue weighted by Crippen LogP contribution is 2.31. The number of esters is 1. The zero-order valence-corrected chi connectivity index (χ0v) is 15.6. The van der Waals surface area contributed by atoms with E-state index in [9.17, 15) is 15.2 Å². The number of ether oxygens (including phenoxy) is 1. The number of benzene rings is 1. The number of carbonyl (C=O) groups excluding carboxylic acids is 1. The normalized spacial score (nSPS) is 11.8. The van der Waals surface area contributed by atoms with Gasteiger partial charge < -0.3 is 14.8 Å². The van der Waals surface area contributed by atoms with Crippen LogP contribution in [0.1, 0.15) is 16.3 Å². The smallest absolute Gasteiger partial charge is 0.358 e. The van der Waals surface area contributed by atoms with Crippen LogP contribution in [-0.4, -0.2) is 32.6 Å². The summed E-state index contributed by atoms with van der Waals surface area (Å²) >= 11 is 17.5. The molecule has 0 saturated carbocycles. The number of nitrogens with one attached hydrogen (secondary N) is 1. The first-order valence-corrected chi connectivity index (χ1v) is 8.49. The van der Waals surface area contributed by atoms with Crippen LogP contribution in [0.4, 0.5) is 0 Å². The first-order valence-electron chi connectivity index (χ1n) is 7.36. The van der Waals surface area contributed by atoms with Gasteiger partial charge in [0.05, 0.1) is 26.1 Å². The van der Waals surface area contributed by atoms with Crippen LogP contribution in [-0.2, 0) is 4.74 Å². The average molecular weight is 424 g/mol. The summed E-state index contributed by atoms with van der Waals surface area (Å²) in [6.45, 7) is -0.586. The Morgan fingerprint density at radius 2 is 2.00 bits per heavy atom. The third-order valence-electron chi connectivity index (χ3n) is 3.48. The lowest BCUT2D eigenvalue weighted by Gasteiger charge is -2.07. The van der Waals surface area contributed by atoms with Crippen LogP contribution in [0.5, 0.6) is 0 Å². The molecule has 0 spiro atoms. The van der Waals surface area contributed by atoms with E-state index >= 15 is 0 Å². The quantitative estimate of drug-likeness (QED) is 0.361. The second kappa shape index (κ2) is 7.84. The molecule has 0 atom stereocenters. The second-order valence-corrected chi connectivity index (χ2v) is 6.36. The highest BCUT2D eigenvalue weighted by atomic mass is 35.5. The Balaban J connectivity index is 1.82. The Bertz CT molecular complexity index is 1090. The lowest BCUT2D eigenvalue weighted by atomic mass is 10.2. The molecular formula is C17H9Cl3N4O3. The molecule has 0 radical (unpaired) electrons. The minimum absolute atomic E-state index is 0.0416. The first-order chi connectivity index (χ1) is 12.9. The van der Waals surface area contributed by atoms with Crippen molar-refractivity contribution in [3.05, 3.63) is 62.8 Å². The number of rotatable bonds is 4. The minimum Gasteiger partial charge on any atom is -0.507 e. The van der Waals surface area contributed by atoms with Crippen molar-refractivity contribution < 1.29 is 14.6 Å². The van der Waals surface area contributed by atoms with E-state index in [1.807, 2.05) is 6.07 Å². The van der Waals surface area contributed by atoms with Crippen LogP contribution in [0.3, 0.4) is 0 Å². The molecule has 0 aliphatic carbocycles. The maximum Gasteiger partial charge on any atom is 0.358 e. The third kappa shape index (κ3) is 3.83. The Labute approximate surface area is 167 Å². The van der Waals surface area contributed by atoms with Gasteiger partial charge in [0.15, 0.2) is 17.3 Å². The molecule has 0 aliphatic heterocycles. The molecule has 0 saturated heterocycles. The molecule has 0 unspecified atom stereocenters. The molecular weight excluding hydrogens is 415 g/mol. The number of aliphatic hydroxyl groups is 1. The molecule has 0 amide bonds. The molecule has 2 N–H and O–H groups in total. The number of halogens is 3. The molecule has 2 aromatic heterocycles. The summed E-state index contributed by atoms with van der Waals surface area (Å²) in [6, 6.07) is 8.95. The molecule has 1 aromatic carbocycles. The van der Waals surface area contributed by atoms with Crippen molar-refractivity contribution in [3.8, 4) is 6.07 Å². The van der Waals surface area contributed by atoms with Crippen LogP contribution in [0.15, 0.2) is 36.2 Å². The fraction of sp³-hybridized carbons (Fsp3) is 0.0588. The summed E-state index contributed by atoms with van der Waals surface area (Å²) in [5.74, 6) is -1.27. The van der Waals surface area contributed by atoms with E-state index in [2.05, 4.69) is 15.0 Å². The maximum absolute atomic E-state index is 12.1. The Kier molecular flexibility index (Phi) is 5.51. The van der Waals surface area contributed by atoms with Gasteiger partial charge in [0, 0.05) is 6.20 Å². The Hall–Kier alpha value is -2.79. The summed E-state index contributed by atoms with van der Waals surface area (Å²) in [4.78, 5) is 23.0. The monoisotopic (exact) mass is 422 g/mol. The van der Waals surface area contributed by atoms with E-state index in [1.165, 1.54) is 0 Å². The lowest BCUT2D eigenvalue weighted by molar-refractivity contribution is 0.0496. The van der Waals surface area contributed by atoms with Gasteiger partial charge in [0.2, 0.25) is 0 Å². The standard InChI is InChI=1S/C17H9Cl3N4O3/c18-9-6-22-15(14(20)13(9)19)17(26)27-7-12(25)8(5-21)16-23-10-3-1-2-4-11(10)24-16/h1-4,6,25H,7H2,(H,23,24). The van der Waals surface area contributed by atoms with Gasteiger partial charge in [-0.15, -0.1) is 0 Å². The van der Waals surface area contributed by atoms with E-state index in [1.54, 1.807) is 24.3 Å². The van der Waals surface area contributed by atoms with Crippen LogP contribution in [0, 0.1) is 11.3 Å². The average Bonchev–Trinajstić information content (AvgIpc) is 3.08. The van der Waals surface area contributed by atoms with E-state index in [-0.39, 0.29) is 32.2 Å². The largest absolute Gasteiger partial charge is 0.507 e. The van der Waals surface area contributed by atoms with Crippen molar-refractivity contribution >= 4 is 57.4 Å². The number of aromatic amines is 1. The highest BCUT2D eigenvalue weighted by Gasteiger charge is 2.20. The number of nitrogens with zero attached hydrogens (tertiary/aromatic N) is 3. The van der Waals surface area contributed by atoms with Gasteiger partial charge in [0.1, 0.15) is 18.2 Å². The number of fused-ring (bicyclic) bond motifs is 1. The maximum atomic E-state index is 12.1. The van der Waals surface area contributed by atoms with Gasteiger partial charge in [0.25, 0.3) is 0 Å². The number of hydrogen-bond donors (Lipinski definition) is 2. The molecule has 0 fully saturated rings. The van der Waals surface area contributed by atoms with Crippen molar-refractivity contribution in [3.63, 3.8) is 0 Å². The molecule has 2 heterocycles. The summed E-state index contributed by atoms with van der Waals surface area (Å²) in [7, 11) is 0. The Morgan fingerprint density at radius 3 is 2.70 bits per heavy atom. The number of aliphatic hydroxyl groups excluding tert-OH is 1. The zero-order chi connectivity index (χ0) is 19.6. The van der Waals surface area contributed by atoms with Gasteiger partial charge in [-0.3, -0.25) is 0 Å². The van der Waals surface area contributed by atoms with Crippen molar-refractivity contribution in [2.45, 2.75) is 0 Å². The van der Waals surface area contributed by atoms with E-state index in [0.29, 0.717) is 11.0 Å². The summed E-state index contributed by atoms with van der Waals surface area (Å²) in [5, 5.41) is 19.4. The van der Waals surface area contributed by atoms with Crippen molar-refractivity contribution in [2.75, 3.05) is 6.61 Å². The number of para-hydroxylation sites is 2. The number of hydrogen-bond acceptors (Lipinski definition) is 6. The molecule has 3 rings (SSSR count). The van der Waals surface area contributed by atoms with Gasteiger partial charge in [-0.2, -0.15) is 5.26 Å². The predicted octanol–water partition coefficient (Wildman–Crippen LogP) is 4.57. The number of allylic oxidation sites excluding steroid dienone is 1. The van der Waals surface area contributed by atoms with Crippen LogP contribution >= 0.6 is 34.8 Å². The van der Waals surface area contributed by atoms with Gasteiger partial charge >= 0.3 is 5.97 Å². The van der Waals surface area contributed by atoms with E-state index in [0.717, 1.165) is 6.20 Å². The number of H-pyrrole nitrogens is 1.